The first-order valence-electron chi connectivity index (χ1n) is 6.31. The lowest BCUT2D eigenvalue weighted by molar-refractivity contribution is 0.340. The minimum absolute atomic E-state index is 0.320. The van der Waals surface area contributed by atoms with Gasteiger partial charge in [0.05, 0.1) is 22.5 Å². The summed E-state index contributed by atoms with van der Waals surface area (Å²) in [6.07, 6.45) is 0. The van der Waals surface area contributed by atoms with Gasteiger partial charge in [-0.15, -0.1) is 0 Å². The van der Waals surface area contributed by atoms with Gasteiger partial charge in [-0.05, 0) is 53.0 Å². The van der Waals surface area contributed by atoms with Gasteiger partial charge in [0, 0.05) is 0 Å². The van der Waals surface area contributed by atoms with Crippen LogP contribution in [0.2, 0.25) is 0 Å². The molecule has 2 aromatic rings. The molecule has 0 aliphatic carbocycles. The highest BCUT2D eigenvalue weighted by atomic mass is 79.9. The largest absolute Gasteiger partial charge is 0.494 e. The molecule has 4 nitrogen and oxygen atoms in total. The van der Waals surface area contributed by atoms with Crippen molar-refractivity contribution in [3.8, 4) is 11.4 Å². The first kappa shape index (κ1) is 13.9. The Morgan fingerprint density at radius 1 is 1.32 bits per heavy atom. The van der Waals surface area contributed by atoms with E-state index in [-0.39, 0.29) is 0 Å². The van der Waals surface area contributed by atoms with Crippen molar-refractivity contribution in [3.05, 3.63) is 34.4 Å². The van der Waals surface area contributed by atoms with Crippen LogP contribution < -0.4 is 10.5 Å². The molecule has 0 bridgehead atoms. The van der Waals surface area contributed by atoms with Crippen molar-refractivity contribution in [1.82, 2.24) is 9.78 Å². The normalized spacial score (nSPS) is 11.0. The van der Waals surface area contributed by atoms with E-state index in [0.29, 0.717) is 18.3 Å². The van der Waals surface area contributed by atoms with Crippen LogP contribution in [0.1, 0.15) is 32.4 Å². The summed E-state index contributed by atoms with van der Waals surface area (Å²) in [5.41, 5.74) is 7.98. The van der Waals surface area contributed by atoms with Gasteiger partial charge in [-0.25, -0.2) is 4.68 Å². The van der Waals surface area contributed by atoms with E-state index in [1.54, 1.807) is 4.68 Å². The second-order valence-electron chi connectivity index (χ2n) is 4.58. The molecule has 1 aromatic carbocycles. The highest BCUT2D eigenvalue weighted by Gasteiger charge is 2.16. The Morgan fingerprint density at radius 3 is 2.42 bits per heavy atom. The van der Waals surface area contributed by atoms with Gasteiger partial charge in [0.25, 0.3) is 0 Å². The fourth-order valence-electron chi connectivity index (χ4n) is 1.85. The Kier molecular flexibility index (Phi) is 4.14. The maximum atomic E-state index is 6.09. The number of halogens is 1. The lowest BCUT2D eigenvalue weighted by Crippen LogP contribution is -2.02. The lowest BCUT2D eigenvalue weighted by atomic mass is 10.1. The molecule has 0 aliphatic rings. The number of ether oxygens (including phenoxy) is 1. The molecule has 2 N–H and O–H groups in total. The van der Waals surface area contributed by atoms with Crippen molar-refractivity contribution in [2.75, 3.05) is 12.3 Å². The maximum Gasteiger partial charge on any atom is 0.141 e. The zero-order valence-corrected chi connectivity index (χ0v) is 12.9. The van der Waals surface area contributed by atoms with E-state index in [2.05, 4.69) is 34.9 Å². The molecule has 0 amide bonds. The molecule has 1 aromatic heterocycles. The van der Waals surface area contributed by atoms with Gasteiger partial charge in [-0.2, -0.15) is 5.10 Å². The minimum Gasteiger partial charge on any atom is -0.494 e. The van der Waals surface area contributed by atoms with Gasteiger partial charge in [0.15, 0.2) is 0 Å². The van der Waals surface area contributed by atoms with E-state index in [1.165, 1.54) is 0 Å². The van der Waals surface area contributed by atoms with Crippen molar-refractivity contribution in [3.63, 3.8) is 0 Å². The summed E-state index contributed by atoms with van der Waals surface area (Å²) < 4.78 is 8.04. The molecular weight excluding hydrogens is 306 g/mol. The Morgan fingerprint density at radius 2 is 1.95 bits per heavy atom. The Labute approximate surface area is 121 Å². The second-order valence-corrected chi connectivity index (χ2v) is 5.37. The first-order chi connectivity index (χ1) is 9.04. The van der Waals surface area contributed by atoms with E-state index in [1.807, 2.05) is 31.2 Å². The second kappa shape index (κ2) is 5.65. The molecule has 1 heterocycles. The smallest absolute Gasteiger partial charge is 0.141 e. The molecule has 102 valence electrons. The summed E-state index contributed by atoms with van der Waals surface area (Å²) in [5, 5.41) is 4.56. The monoisotopic (exact) mass is 323 g/mol. The van der Waals surface area contributed by atoms with Crippen LogP contribution in [0.5, 0.6) is 5.75 Å². The van der Waals surface area contributed by atoms with Gasteiger partial charge >= 0.3 is 0 Å². The van der Waals surface area contributed by atoms with Crippen LogP contribution in [-0.4, -0.2) is 16.4 Å². The third-order valence-corrected chi connectivity index (χ3v) is 3.64. The standard InChI is InChI=1S/C14H18BrN3O/c1-4-19-11-7-5-10(6-8-11)18-14(16)12(15)13(17-18)9(2)3/h5-9H,4,16H2,1-3H3. The van der Waals surface area contributed by atoms with Crippen LogP contribution in [0.15, 0.2) is 28.7 Å². The highest BCUT2D eigenvalue weighted by molar-refractivity contribution is 9.10. The van der Waals surface area contributed by atoms with Gasteiger partial charge in [-0.1, -0.05) is 13.8 Å². The van der Waals surface area contributed by atoms with E-state index in [4.69, 9.17) is 10.5 Å². The number of benzene rings is 1. The summed E-state index contributed by atoms with van der Waals surface area (Å²) in [5.74, 6) is 1.79. The van der Waals surface area contributed by atoms with Crippen LogP contribution in [0, 0.1) is 0 Å². The average Bonchev–Trinajstić information content (AvgIpc) is 2.68. The van der Waals surface area contributed by atoms with Crippen LogP contribution in [-0.2, 0) is 0 Å². The molecule has 5 heteroatoms. The Bertz CT molecular complexity index is 561. The molecule has 0 spiro atoms. The molecule has 2 rings (SSSR count). The SMILES string of the molecule is CCOc1ccc(-n2nc(C(C)C)c(Br)c2N)cc1. The van der Waals surface area contributed by atoms with Crippen LogP contribution in [0.25, 0.3) is 5.69 Å². The number of aromatic nitrogens is 2. The summed E-state index contributed by atoms with van der Waals surface area (Å²) >= 11 is 3.51. The first-order valence-corrected chi connectivity index (χ1v) is 7.11. The highest BCUT2D eigenvalue weighted by Crippen LogP contribution is 2.31. The number of rotatable bonds is 4. The maximum absolute atomic E-state index is 6.09. The molecule has 0 aliphatic heterocycles. The molecular formula is C14H18BrN3O. The summed E-state index contributed by atoms with van der Waals surface area (Å²) in [7, 11) is 0. The predicted octanol–water partition coefficient (Wildman–Crippen LogP) is 3.74. The Hall–Kier alpha value is -1.49. The van der Waals surface area contributed by atoms with Crippen molar-refractivity contribution < 1.29 is 4.74 Å². The number of nitrogens with zero attached hydrogens (tertiary/aromatic N) is 2. The van der Waals surface area contributed by atoms with Crippen molar-refractivity contribution >= 4 is 21.7 Å². The van der Waals surface area contributed by atoms with Gasteiger partial charge in [0.1, 0.15) is 11.6 Å². The minimum atomic E-state index is 0.320. The van der Waals surface area contributed by atoms with Crippen LogP contribution >= 0.6 is 15.9 Å². The van der Waals surface area contributed by atoms with Crippen molar-refractivity contribution in [1.29, 1.82) is 0 Å². The summed E-state index contributed by atoms with van der Waals surface area (Å²) in [6.45, 7) is 6.81. The number of hydrogen-bond donors (Lipinski definition) is 1. The molecule has 0 saturated heterocycles. The number of nitrogen functional groups attached to an aromatic ring is 1. The third kappa shape index (κ3) is 2.76. The summed E-state index contributed by atoms with van der Waals surface area (Å²) in [6, 6.07) is 7.74. The van der Waals surface area contributed by atoms with Gasteiger partial charge in [0.2, 0.25) is 0 Å². The van der Waals surface area contributed by atoms with E-state index < -0.39 is 0 Å². The van der Waals surface area contributed by atoms with Crippen LogP contribution in [0.3, 0.4) is 0 Å². The molecule has 0 atom stereocenters. The molecule has 0 radical (unpaired) electrons. The predicted molar refractivity (Wildman–Crippen MR) is 80.9 cm³/mol. The quantitative estimate of drug-likeness (QED) is 0.932. The van der Waals surface area contributed by atoms with E-state index in [0.717, 1.165) is 21.6 Å². The van der Waals surface area contributed by atoms with E-state index >= 15 is 0 Å². The summed E-state index contributed by atoms with van der Waals surface area (Å²) in [4.78, 5) is 0. The van der Waals surface area contributed by atoms with Crippen LogP contribution in [0.4, 0.5) is 5.82 Å². The zero-order valence-electron chi connectivity index (χ0n) is 11.4. The average molecular weight is 324 g/mol. The van der Waals surface area contributed by atoms with Gasteiger partial charge in [-0.3, -0.25) is 0 Å². The molecule has 0 fully saturated rings. The fourth-order valence-corrected chi connectivity index (χ4v) is 2.55. The van der Waals surface area contributed by atoms with Gasteiger partial charge < -0.3 is 10.5 Å². The van der Waals surface area contributed by atoms with E-state index in [9.17, 15) is 0 Å². The lowest BCUT2D eigenvalue weighted by Gasteiger charge is -2.06. The third-order valence-electron chi connectivity index (χ3n) is 2.82. The molecule has 19 heavy (non-hydrogen) atoms. The number of hydrogen-bond acceptors (Lipinski definition) is 3. The molecule has 0 unspecified atom stereocenters. The zero-order chi connectivity index (χ0) is 14.0. The molecule has 0 saturated carbocycles. The topological polar surface area (TPSA) is 53.1 Å². The number of anilines is 1. The van der Waals surface area contributed by atoms with Crippen molar-refractivity contribution in [2.24, 2.45) is 0 Å². The van der Waals surface area contributed by atoms with Crippen molar-refractivity contribution in [2.45, 2.75) is 26.7 Å². The number of nitrogens with two attached hydrogens (primary N) is 1. The Balaban J connectivity index is 2.39. The fraction of sp³-hybridized carbons (Fsp3) is 0.357.